The summed E-state index contributed by atoms with van der Waals surface area (Å²) in [5.41, 5.74) is 6.40. The normalized spacial score (nSPS) is 9.80. The van der Waals surface area contributed by atoms with Gasteiger partial charge in [0.25, 0.3) is 5.91 Å². The summed E-state index contributed by atoms with van der Waals surface area (Å²) in [6.07, 6.45) is -0.883. The Hall–Kier alpha value is -2.82. The van der Waals surface area contributed by atoms with Crippen LogP contribution in [-0.2, 0) is 6.54 Å². The Morgan fingerprint density at radius 2 is 1.65 bits per heavy atom. The number of ether oxygens (including phenoxy) is 1. The summed E-state index contributed by atoms with van der Waals surface area (Å²) >= 11 is 0. The molecule has 0 aliphatic rings. The number of benzene rings is 2. The van der Waals surface area contributed by atoms with Crippen molar-refractivity contribution in [3.8, 4) is 5.75 Å². The summed E-state index contributed by atoms with van der Waals surface area (Å²) in [5.74, 6) is 0.108. The molecule has 0 saturated heterocycles. The summed E-state index contributed by atoms with van der Waals surface area (Å²) in [6, 6.07) is 15.8. The van der Waals surface area contributed by atoms with E-state index in [4.69, 9.17) is 5.73 Å². The van der Waals surface area contributed by atoms with E-state index < -0.39 is 6.09 Å². The Labute approximate surface area is 116 Å². The number of nitrogens with one attached hydrogen (secondary N) is 1. The number of carbonyl (C=O) groups excluding carboxylic acids is 2. The van der Waals surface area contributed by atoms with E-state index in [0.29, 0.717) is 17.9 Å². The first-order chi connectivity index (χ1) is 9.65. The second-order valence-corrected chi connectivity index (χ2v) is 4.11. The first-order valence-corrected chi connectivity index (χ1v) is 6.04. The van der Waals surface area contributed by atoms with Gasteiger partial charge in [-0.1, -0.05) is 30.3 Å². The van der Waals surface area contributed by atoms with Crippen molar-refractivity contribution in [2.45, 2.75) is 6.54 Å². The molecule has 0 saturated carbocycles. The third kappa shape index (κ3) is 3.84. The van der Waals surface area contributed by atoms with Crippen LogP contribution in [0.3, 0.4) is 0 Å². The van der Waals surface area contributed by atoms with Gasteiger partial charge in [-0.3, -0.25) is 4.79 Å². The molecule has 0 bridgehead atoms. The van der Waals surface area contributed by atoms with Gasteiger partial charge in [-0.15, -0.1) is 0 Å². The minimum Gasteiger partial charge on any atom is -0.411 e. The summed E-state index contributed by atoms with van der Waals surface area (Å²) < 4.78 is 4.69. The predicted molar refractivity (Wildman–Crippen MR) is 74.3 cm³/mol. The Balaban J connectivity index is 1.94. The van der Waals surface area contributed by atoms with E-state index in [-0.39, 0.29) is 5.91 Å². The third-order valence-corrected chi connectivity index (χ3v) is 2.63. The van der Waals surface area contributed by atoms with Crippen LogP contribution < -0.4 is 15.8 Å². The maximum atomic E-state index is 11.9. The van der Waals surface area contributed by atoms with Crippen molar-refractivity contribution in [2.24, 2.45) is 5.73 Å². The highest BCUT2D eigenvalue weighted by molar-refractivity contribution is 5.94. The molecule has 0 aliphatic heterocycles. The molecule has 0 aliphatic carbocycles. The van der Waals surface area contributed by atoms with Gasteiger partial charge in [-0.05, 0) is 29.8 Å². The molecule has 0 unspecified atom stereocenters. The van der Waals surface area contributed by atoms with Gasteiger partial charge < -0.3 is 15.8 Å². The molecule has 3 N–H and O–H groups in total. The standard InChI is InChI=1S/C15H14N2O3/c16-15(19)20-13-8-6-12(7-9-13)14(18)17-10-11-4-2-1-3-5-11/h1-9H,10H2,(H2,16,19)(H,17,18). The Kier molecular flexibility index (Phi) is 4.34. The van der Waals surface area contributed by atoms with Crippen LogP contribution in [0.5, 0.6) is 5.75 Å². The van der Waals surface area contributed by atoms with Crippen LogP contribution in [-0.4, -0.2) is 12.0 Å². The van der Waals surface area contributed by atoms with E-state index in [1.165, 1.54) is 12.1 Å². The SMILES string of the molecule is NC(=O)Oc1ccc(C(=O)NCc2ccccc2)cc1. The molecule has 0 fully saturated rings. The van der Waals surface area contributed by atoms with E-state index in [9.17, 15) is 9.59 Å². The number of hydrogen-bond acceptors (Lipinski definition) is 3. The van der Waals surface area contributed by atoms with Crippen LogP contribution in [0.2, 0.25) is 0 Å². The van der Waals surface area contributed by atoms with Crippen molar-refractivity contribution < 1.29 is 14.3 Å². The molecule has 102 valence electrons. The number of amides is 2. The first-order valence-electron chi connectivity index (χ1n) is 6.04. The number of carbonyl (C=O) groups is 2. The van der Waals surface area contributed by atoms with Crippen molar-refractivity contribution in [3.05, 3.63) is 65.7 Å². The molecular weight excluding hydrogens is 256 g/mol. The summed E-state index contributed by atoms with van der Waals surface area (Å²) in [6.45, 7) is 0.458. The monoisotopic (exact) mass is 270 g/mol. The summed E-state index contributed by atoms with van der Waals surface area (Å²) in [7, 11) is 0. The minimum atomic E-state index is -0.883. The molecule has 0 spiro atoms. The highest BCUT2D eigenvalue weighted by atomic mass is 16.5. The van der Waals surface area contributed by atoms with Crippen LogP contribution >= 0.6 is 0 Å². The fourth-order valence-electron chi connectivity index (χ4n) is 1.67. The second kappa shape index (κ2) is 6.38. The van der Waals surface area contributed by atoms with Crippen molar-refractivity contribution >= 4 is 12.0 Å². The minimum absolute atomic E-state index is 0.195. The average Bonchev–Trinajstić information content (AvgIpc) is 2.46. The molecule has 0 radical (unpaired) electrons. The predicted octanol–water partition coefficient (Wildman–Crippen LogP) is 2.07. The van der Waals surface area contributed by atoms with Crippen LogP contribution in [0.15, 0.2) is 54.6 Å². The lowest BCUT2D eigenvalue weighted by Crippen LogP contribution is -2.22. The highest BCUT2D eigenvalue weighted by Gasteiger charge is 2.06. The maximum absolute atomic E-state index is 11.9. The number of primary amides is 1. The zero-order chi connectivity index (χ0) is 14.4. The van der Waals surface area contributed by atoms with E-state index >= 15 is 0 Å². The van der Waals surface area contributed by atoms with E-state index in [1.54, 1.807) is 12.1 Å². The van der Waals surface area contributed by atoms with Crippen molar-refractivity contribution in [1.82, 2.24) is 5.32 Å². The van der Waals surface area contributed by atoms with E-state index in [0.717, 1.165) is 5.56 Å². The molecule has 0 heterocycles. The van der Waals surface area contributed by atoms with Gasteiger partial charge in [-0.25, -0.2) is 4.79 Å². The first kappa shape index (κ1) is 13.6. The molecule has 20 heavy (non-hydrogen) atoms. The Bertz CT molecular complexity index is 594. The fourth-order valence-corrected chi connectivity index (χ4v) is 1.67. The maximum Gasteiger partial charge on any atom is 0.409 e. The van der Waals surface area contributed by atoms with Crippen LogP contribution in [0, 0.1) is 0 Å². The molecule has 0 aromatic heterocycles. The molecule has 2 aromatic rings. The number of rotatable bonds is 4. The lowest BCUT2D eigenvalue weighted by molar-refractivity contribution is 0.0951. The van der Waals surface area contributed by atoms with Crippen LogP contribution in [0.25, 0.3) is 0 Å². The Morgan fingerprint density at radius 1 is 1.00 bits per heavy atom. The molecule has 5 nitrogen and oxygen atoms in total. The van der Waals surface area contributed by atoms with Crippen LogP contribution in [0.4, 0.5) is 4.79 Å². The van der Waals surface area contributed by atoms with E-state index in [1.807, 2.05) is 30.3 Å². The van der Waals surface area contributed by atoms with Gasteiger partial charge in [0.15, 0.2) is 0 Å². The zero-order valence-electron chi connectivity index (χ0n) is 10.7. The van der Waals surface area contributed by atoms with Gasteiger partial charge in [0, 0.05) is 12.1 Å². The lowest BCUT2D eigenvalue weighted by Gasteiger charge is -2.06. The summed E-state index contributed by atoms with van der Waals surface area (Å²) in [4.78, 5) is 22.5. The second-order valence-electron chi connectivity index (χ2n) is 4.11. The molecule has 2 aromatic carbocycles. The van der Waals surface area contributed by atoms with Gasteiger partial charge in [0.05, 0.1) is 0 Å². The quantitative estimate of drug-likeness (QED) is 0.892. The average molecular weight is 270 g/mol. The lowest BCUT2D eigenvalue weighted by atomic mass is 10.2. The Morgan fingerprint density at radius 3 is 2.25 bits per heavy atom. The molecule has 0 atom stereocenters. The molecule has 2 amide bonds. The molecule has 2 rings (SSSR count). The number of nitrogens with two attached hydrogens (primary N) is 1. The topological polar surface area (TPSA) is 81.4 Å². The van der Waals surface area contributed by atoms with Gasteiger partial charge >= 0.3 is 6.09 Å². The molecular formula is C15H14N2O3. The van der Waals surface area contributed by atoms with Gasteiger partial charge in [0.1, 0.15) is 5.75 Å². The van der Waals surface area contributed by atoms with Gasteiger partial charge in [-0.2, -0.15) is 0 Å². The smallest absolute Gasteiger partial charge is 0.409 e. The van der Waals surface area contributed by atoms with Crippen molar-refractivity contribution in [2.75, 3.05) is 0 Å². The summed E-state index contributed by atoms with van der Waals surface area (Å²) in [5, 5.41) is 2.80. The number of hydrogen-bond donors (Lipinski definition) is 2. The van der Waals surface area contributed by atoms with E-state index in [2.05, 4.69) is 10.1 Å². The highest BCUT2D eigenvalue weighted by Crippen LogP contribution is 2.12. The van der Waals surface area contributed by atoms with Crippen molar-refractivity contribution in [1.29, 1.82) is 0 Å². The van der Waals surface area contributed by atoms with Crippen LogP contribution in [0.1, 0.15) is 15.9 Å². The fraction of sp³-hybridized carbons (Fsp3) is 0.0667. The zero-order valence-corrected chi connectivity index (χ0v) is 10.7. The van der Waals surface area contributed by atoms with Crippen molar-refractivity contribution in [3.63, 3.8) is 0 Å². The largest absolute Gasteiger partial charge is 0.411 e. The third-order valence-electron chi connectivity index (χ3n) is 2.63. The molecule has 5 heteroatoms. The van der Waals surface area contributed by atoms with Gasteiger partial charge in [0.2, 0.25) is 0 Å².